The zero-order valence-corrected chi connectivity index (χ0v) is 17.0. The van der Waals surface area contributed by atoms with Gasteiger partial charge in [0.1, 0.15) is 5.82 Å². The smallest absolute Gasteiger partial charge is 0.343 e. The molecule has 0 aromatic heterocycles. The summed E-state index contributed by atoms with van der Waals surface area (Å²) in [6, 6.07) is 10.6. The van der Waals surface area contributed by atoms with Crippen molar-refractivity contribution < 1.29 is 33.0 Å². The van der Waals surface area contributed by atoms with Crippen LogP contribution in [0.15, 0.2) is 47.4 Å². The molecule has 1 aliphatic heterocycles. The molecule has 2 aromatic rings. The molecule has 2 aromatic carbocycles. The number of carbonyl (C=O) groups excluding carboxylic acids is 3. The molecule has 0 spiro atoms. The minimum Gasteiger partial charge on any atom is -0.493 e. The number of methoxy groups -OCH3 is 2. The van der Waals surface area contributed by atoms with Gasteiger partial charge in [-0.2, -0.15) is 0 Å². The molecule has 7 nitrogen and oxygen atoms in total. The molecular formula is C21H18FNO6S. The molecule has 0 unspecified atom stereocenters. The van der Waals surface area contributed by atoms with Gasteiger partial charge in [0.25, 0.3) is 11.1 Å². The molecule has 1 fully saturated rings. The minimum atomic E-state index is -0.577. The summed E-state index contributed by atoms with van der Waals surface area (Å²) in [5.41, 5.74) is 1.09. The summed E-state index contributed by atoms with van der Waals surface area (Å²) in [6.07, 6.45) is 1.50. The third-order valence-corrected chi connectivity index (χ3v) is 5.11. The Morgan fingerprint density at radius 2 is 1.87 bits per heavy atom. The van der Waals surface area contributed by atoms with Gasteiger partial charge in [-0.25, -0.2) is 9.18 Å². The maximum Gasteiger partial charge on any atom is 0.343 e. The summed E-state index contributed by atoms with van der Waals surface area (Å²) in [5, 5.41) is -0.435. The van der Waals surface area contributed by atoms with Crippen LogP contribution in [-0.4, -0.2) is 42.8 Å². The standard InChI is InChI=1S/C21H18FNO6S/c1-27-16-5-3-4-14(19(16)29-12-18(24)28-2)10-17-20(25)23(21(26)30-17)11-13-6-8-15(22)9-7-13/h3-10H,11-12H2,1-2H3/b17-10+. The average molecular weight is 431 g/mol. The van der Waals surface area contributed by atoms with Gasteiger partial charge in [0.15, 0.2) is 18.1 Å². The normalized spacial score (nSPS) is 14.9. The topological polar surface area (TPSA) is 82.1 Å². The van der Waals surface area contributed by atoms with Crippen LogP contribution in [-0.2, 0) is 20.9 Å². The Kier molecular flexibility index (Phi) is 6.73. The maximum absolute atomic E-state index is 13.1. The van der Waals surface area contributed by atoms with E-state index >= 15 is 0 Å². The number of hydrogen-bond donors (Lipinski definition) is 0. The van der Waals surface area contributed by atoms with Crippen molar-refractivity contribution in [2.45, 2.75) is 6.54 Å². The van der Waals surface area contributed by atoms with Crippen LogP contribution >= 0.6 is 11.8 Å². The highest BCUT2D eigenvalue weighted by Crippen LogP contribution is 2.37. The summed E-state index contributed by atoms with van der Waals surface area (Å²) >= 11 is 0.787. The van der Waals surface area contributed by atoms with Crippen molar-refractivity contribution >= 4 is 35.0 Å². The van der Waals surface area contributed by atoms with Gasteiger partial charge in [-0.15, -0.1) is 0 Å². The molecule has 0 aliphatic carbocycles. The molecule has 9 heteroatoms. The molecule has 156 valence electrons. The molecule has 1 heterocycles. The Morgan fingerprint density at radius 3 is 2.53 bits per heavy atom. The zero-order chi connectivity index (χ0) is 21.7. The number of rotatable bonds is 7. The van der Waals surface area contributed by atoms with E-state index in [0.29, 0.717) is 16.9 Å². The number of ether oxygens (including phenoxy) is 3. The third-order valence-electron chi connectivity index (χ3n) is 4.21. The fraction of sp³-hybridized carbons (Fsp3) is 0.190. The van der Waals surface area contributed by atoms with E-state index in [-0.39, 0.29) is 23.8 Å². The van der Waals surface area contributed by atoms with Crippen molar-refractivity contribution in [2.75, 3.05) is 20.8 Å². The molecule has 0 N–H and O–H groups in total. The highest BCUT2D eigenvalue weighted by Gasteiger charge is 2.35. The van der Waals surface area contributed by atoms with Gasteiger partial charge < -0.3 is 14.2 Å². The van der Waals surface area contributed by atoms with Crippen molar-refractivity contribution in [3.05, 3.63) is 64.3 Å². The molecule has 0 bridgehead atoms. The van der Waals surface area contributed by atoms with Crippen LogP contribution in [0.3, 0.4) is 0 Å². The highest BCUT2D eigenvalue weighted by atomic mass is 32.2. The predicted molar refractivity (Wildman–Crippen MR) is 108 cm³/mol. The number of carbonyl (C=O) groups is 3. The molecule has 0 radical (unpaired) electrons. The Hall–Kier alpha value is -3.33. The number of hydrogen-bond acceptors (Lipinski definition) is 7. The molecule has 3 rings (SSSR count). The summed E-state index contributed by atoms with van der Waals surface area (Å²) in [4.78, 5) is 37.8. The van der Waals surface area contributed by atoms with E-state index in [9.17, 15) is 18.8 Å². The second-order valence-electron chi connectivity index (χ2n) is 6.14. The summed E-state index contributed by atoms with van der Waals surface area (Å²) in [6.45, 7) is -0.310. The predicted octanol–water partition coefficient (Wildman–Crippen LogP) is 3.62. The SMILES string of the molecule is COC(=O)COc1c(/C=C2/SC(=O)N(Cc3ccc(F)cc3)C2=O)cccc1OC. The first-order valence-electron chi connectivity index (χ1n) is 8.79. The molecular weight excluding hydrogens is 413 g/mol. The fourth-order valence-corrected chi connectivity index (χ4v) is 3.53. The van der Waals surface area contributed by atoms with Crippen LogP contribution < -0.4 is 9.47 Å². The third kappa shape index (κ3) is 4.80. The summed E-state index contributed by atoms with van der Waals surface area (Å²) in [5.74, 6) is -0.846. The number of thioether (sulfide) groups is 1. The van der Waals surface area contributed by atoms with Crippen molar-refractivity contribution in [1.82, 2.24) is 4.90 Å². The van der Waals surface area contributed by atoms with Gasteiger partial charge in [-0.05, 0) is 41.6 Å². The van der Waals surface area contributed by atoms with Crippen LogP contribution in [0.1, 0.15) is 11.1 Å². The second-order valence-corrected chi connectivity index (χ2v) is 7.13. The number of para-hydroxylation sites is 1. The van der Waals surface area contributed by atoms with Gasteiger partial charge >= 0.3 is 5.97 Å². The van der Waals surface area contributed by atoms with Crippen LogP contribution in [0.4, 0.5) is 9.18 Å². The van der Waals surface area contributed by atoms with Gasteiger partial charge in [0.05, 0.1) is 25.7 Å². The van der Waals surface area contributed by atoms with E-state index in [2.05, 4.69) is 4.74 Å². The second kappa shape index (κ2) is 9.45. The van der Waals surface area contributed by atoms with Gasteiger partial charge in [-0.1, -0.05) is 24.3 Å². The Morgan fingerprint density at radius 1 is 1.13 bits per heavy atom. The van der Waals surface area contributed by atoms with Crippen LogP contribution in [0.25, 0.3) is 6.08 Å². The van der Waals surface area contributed by atoms with Crippen molar-refractivity contribution in [1.29, 1.82) is 0 Å². The number of imide groups is 1. The van der Waals surface area contributed by atoms with Gasteiger partial charge in [0, 0.05) is 5.56 Å². The lowest BCUT2D eigenvalue weighted by molar-refractivity contribution is -0.143. The number of benzene rings is 2. The number of esters is 1. The number of amides is 2. The highest BCUT2D eigenvalue weighted by molar-refractivity contribution is 8.18. The lowest BCUT2D eigenvalue weighted by Crippen LogP contribution is -2.27. The van der Waals surface area contributed by atoms with E-state index < -0.39 is 22.9 Å². The van der Waals surface area contributed by atoms with Gasteiger partial charge in [0.2, 0.25) is 0 Å². The monoisotopic (exact) mass is 431 g/mol. The minimum absolute atomic E-state index is 0.0338. The fourth-order valence-electron chi connectivity index (χ4n) is 2.70. The Labute approximate surface area is 176 Å². The van der Waals surface area contributed by atoms with Crippen molar-refractivity contribution in [3.8, 4) is 11.5 Å². The summed E-state index contributed by atoms with van der Waals surface area (Å²) in [7, 11) is 2.69. The largest absolute Gasteiger partial charge is 0.493 e. The molecule has 1 aliphatic rings. The first kappa shape index (κ1) is 21.4. The quantitative estimate of drug-likeness (QED) is 0.489. The van der Waals surface area contributed by atoms with E-state index in [1.54, 1.807) is 18.2 Å². The van der Waals surface area contributed by atoms with E-state index in [4.69, 9.17) is 9.47 Å². The van der Waals surface area contributed by atoms with Crippen molar-refractivity contribution in [2.24, 2.45) is 0 Å². The van der Waals surface area contributed by atoms with Crippen LogP contribution in [0.2, 0.25) is 0 Å². The number of halogens is 1. The van der Waals surface area contributed by atoms with Gasteiger partial charge in [-0.3, -0.25) is 14.5 Å². The zero-order valence-electron chi connectivity index (χ0n) is 16.2. The molecule has 30 heavy (non-hydrogen) atoms. The molecule has 2 amide bonds. The summed E-state index contributed by atoms with van der Waals surface area (Å²) < 4.78 is 28.4. The Bertz CT molecular complexity index is 1010. The van der Waals surface area contributed by atoms with E-state index in [0.717, 1.165) is 16.7 Å². The first-order valence-corrected chi connectivity index (χ1v) is 9.61. The van der Waals surface area contributed by atoms with E-state index in [1.165, 1.54) is 44.6 Å². The van der Waals surface area contributed by atoms with Crippen molar-refractivity contribution in [3.63, 3.8) is 0 Å². The molecule has 0 saturated carbocycles. The van der Waals surface area contributed by atoms with E-state index in [1.807, 2.05) is 0 Å². The Balaban J connectivity index is 1.86. The maximum atomic E-state index is 13.1. The van der Waals surface area contributed by atoms with Crippen LogP contribution in [0.5, 0.6) is 11.5 Å². The molecule has 1 saturated heterocycles. The molecule has 0 atom stereocenters. The van der Waals surface area contributed by atoms with Crippen LogP contribution in [0, 0.1) is 5.82 Å². The average Bonchev–Trinajstić information content (AvgIpc) is 3.01. The lowest BCUT2D eigenvalue weighted by atomic mass is 10.1. The number of nitrogens with zero attached hydrogens (tertiary/aromatic N) is 1. The lowest BCUT2D eigenvalue weighted by Gasteiger charge is -2.13. The first-order chi connectivity index (χ1) is 14.4.